The zero-order valence-electron chi connectivity index (χ0n) is 18.8. The van der Waals surface area contributed by atoms with Crippen LogP contribution in [0.25, 0.3) is 0 Å². The number of para-hydroxylation sites is 1. The van der Waals surface area contributed by atoms with Crippen molar-refractivity contribution in [1.82, 2.24) is 4.90 Å². The number of methoxy groups -OCH3 is 1. The van der Waals surface area contributed by atoms with Crippen molar-refractivity contribution in [2.24, 2.45) is 5.92 Å². The Morgan fingerprint density at radius 1 is 1.00 bits per heavy atom. The summed E-state index contributed by atoms with van der Waals surface area (Å²) in [5.41, 5.74) is -1.89. The number of likely N-dealkylation sites (tertiary alicyclic amines) is 1. The molecule has 2 aromatic carbocycles. The van der Waals surface area contributed by atoms with Gasteiger partial charge < -0.3 is 9.84 Å². The predicted molar refractivity (Wildman–Crippen MR) is 116 cm³/mol. The Hall–Kier alpha value is -2.26. The van der Waals surface area contributed by atoms with Crippen LogP contribution in [0.2, 0.25) is 0 Å². The summed E-state index contributed by atoms with van der Waals surface area (Å²) in [6.45, 7) is 1.50. The topological polar surface area (TPSA) is 32.7 Å². The monoisotopic (exact) mass is 488 g/mol. The number of ether oxygens (including phenoxy) is 1. The quantitative estimate of drug-likeness (QED) is 0.442. The Balaban J connectivity index is 1.89. The SMILES string of the molecule is COc1ccccc1C([CH]Cc1cc(C(F)(F)F)cc(C(F)(F)F)c1)N1CCC(CCO)CC1. The molecule has 1 saturated heterocycles. The van der Waals surface area contributed by atoms with Crippen LogP contribution < -0.4 is 4.74 Å². The summed E-state index contributed by atoms with van der Waals surface area (Å²) in [5, 5.41) is 9.21. The van der Waals surface area contributed by atoms with Gasteiger partial charge in [0.15, 0.2) is 0 Å². The van der Waals surface area contributed by atoms with Gasteiger partial charge in [0.05, 0.1) is 18.2 Å². The zero-order valence-corrected chi connectivity index (χ0v) is 18.8. The van der Waals surface area contributed by atoms with Crippen LogP contribution in [0.3, 0.4) is 0 Å². The van der Waals surface area contributed by atoms with Crippen molar-refractivity contribution in [3.63, 3.8) is 0 Å². The fourth-order valence-corrected chi connectivity index (χ4v) is 4.47. The van der Waals surface area contributed by atoms with Gasteiger partial charge in [0.2, 0.25) is 0 Å². The molecule has 0 bridgehead atoms. The Bertz CT molecular complexity index is 903. The lowest BCUT2D eigenvalue weighted by molar-refractivity contribution is -0.143. The smallest absolute Gasteiger partial charge is 0.416 e. The molecule has 1 radical (unpaired) electrons. The van der Waals surface area contributed by atoms with Gasteiger partial charge in [0, 0.05) is 18.2 Å². The summed E-state index contributed by atoms with van der Waals surface area (Å²) < 4.78 is 85.1. The van der Waals surface area contributed by atoms with Crippen molar-refractivity contribution in [2.45, 2.75) is 44.1 Å². The molecule has 1 N–H and O–H groups in total. The van der Waals surface area contributed by atoms with Gasteiger partial charge in [-0.15, -0.1) is 0 Å². The lowest BCUT2D eigenvalue weighted by Crippen LogP contribution is -2.37. The van der Waals surface area contributed by atoms with Crippen molar-refractivity contribution >= 4 is 0 Å². The molecule has 9 heteroatoms. The van der Waals surface area contributed by atoms with Gasteiger partial charge >= 0.3 is 12.4 Å². The molecular formula is C25H28F6NO2. The molecule has 1 heterocycles. The van der Waals surface area contributed by atoms with Crippen molar-refractivity contribution < 1.29 is 36.2 Å². The molecule has 2 aromatic rings. The second-order valence-corrected chi connectivity index (χ2v) is 8.53. The van der Waals surface area contributed by atoms with Crippen LogP contribution in [-0.4, -0.2) is 36.8 Å². The minimum Gasteiger partial charge on any atom is -0.496 e. The highest BCUT2D eigenvalue weighted by Gasteiger charge is 2.37. The molecule has 1 atom stereocenters. The van der Waals surface area contributed by atoms with Crippen LogP contribution in [0, 0.1) is 12.3 Å². The number of halogens is 6. The molecule has 1 aliphatic heterocycles. The van der Waals surface area contributed by atoms with Gasteiger partial charge in [0.1, 0.15) is 5.75 Å². The Morgan fingerprint density at radius 2 is 1.59 bits per heavy atom. The predicted octanol–water partition coefficient (Wildman–Crippen LogP) is 6.32. The maximum Gasteiger partial charge on any atom is 0.416 e. The van der Waals surface area contributed by atoms with E-state index in [1.807, 2.05) is 12.1 Å². The van der Waals surface area contributed by atoms with Crippen molar-refractivity contribution in [3.05, 3.63) is 71.1 Å². The first-order chi connectivity index (χ1) is 16.0. The maximum atomic E-state index is 13.3. The third-order valence-electron chi connectivity index (χ3n) is 6.26. The van der Waals surface area contributed by atoms with E-state index in [9.17, 15) is 31.4 Å². The van der Waals surface area contributed by atoms with Crippen LogP contribution >= 0.6 is 0 Å². The third kappa shape index (κ3) is 6.66. The number of piperidine rings is 1. The average molecular weight is 488 g/mol. The van der Waals surface area contributed by atoms with Gasteiger partial charge in [-0.05, 0) is 80.9 Å². The van der Waals surface area contributed by atoms with Crippen LogP contribution in [0.1, 0.15) is 47.6 Å². The van der Waals surface area contributed by atoms with Gasteiger partial charge in [-0.25, -0.2) is 0 Å². The van der Waals surface area contributed by atoms with E-state index in [1.165, 1.54) is 7.11 Å². The normalized spacial score (nSPS) is 17.1. The van der Waals surface area contributed by atoms with Gasteiger partial charge in [0.25, 0.3) is 0 Å². The standard InChI is InChI=1S/C25H28F6NO2/c1-34-23-5-3-2-4-21(23)22(32-11-8-17(9-12-32)10-13-33)7-6-18-14-19(24(26,27)28)16-20(15-18)25(29,30)31/h2-5,7,14-17,22,33H,6,8-13H2,1H3. The molecule has 1 aliphatic rings. The molecule has 3 nitrogen and oxygen atoms in total. The maximum absolute atomic E-state index is 13.3. The van der Waals surface area contributed by atoms with Gasteiger partial charge in [-0.1, -0.05) is 18.2 Å². The first kappa shape index (κ1) is 26.3. The summed E-state index contributed by atoms with van der Waals surface area (Å²) >= 11 is 0. The molecule has 1 unspecified atom stereocenters. The van der Waals surface area contributed by atoms with Crippen molar-refractivity contribution in [1.29, 1.82) is 0 Å². The molecule has 0 saturated carbocycles. The molecule has 3 rings (SSSR count). The number of aliphatic hydroxyl groups is 1. The minimum atomic E-state index is -4.88. The summed E-state index contributed by atoms with van der Waals surface area (Å²) in [6.07, 6.45) is -5.68. The fraction of sp³-hybridized carbons (Fsp3) is 0.480. The average Bonchev–Trinajstić information content (AvgIpc) is 2.79. The number of rotatable bonds is 8. The molecule has 0 aliphatic carbocycles. The summed E-state index contributed by atoms with van der Waals surface area (Å²) in [7, 11) is 1.52. The number of alkyl halides is 6. The lowest BCUT2D eigenvalue weighted by atomic mass is 9.89. The van der Waals surface area contributed by atoms with E-state index in [0.29, 0.717) is 31.2 Å². The highest BCUT2D eigenvalue weighted by atomic mass is 19.4. The fourth-order valence-electron chi connectivity index (χ4n) is 4.47. The lowest BCUT2D eigenvalue weighted by Gasteiger charge is -2.38. The first-order valence-electron chi connectivity index (χ1n) is 11.1. The zero-order chi connectivity index (χ0) is 24.9. The van der Waals surface area contributed by atoms with Crippen molar-refractivity contribution in [3.8, 4) is 5.75 Å². The molecular weight excluding hydrogens is 460 g/mol. The molecule has 187 valence electrons. The van der Waals surface area contributed by atoms with Crippen LogP contribution in [0.15, 0.2) is 42.5 Å². The second-order valence-electron chi connectivity index (χ2n) is 8.53. The van der Waals surface area contributed by atoms with Crippen molar-refractivity contribution in [2.75, 3.05) is 26.8 Å². The van der Waals surface area contributed by atoms with E-state index < -0.39 is 23.5 Å². The van der Waals surface area contributed by atoms with Crippen LogP contribution in [-0.2, 0) is 18.8 Å². The third-order valence-corrected chi connectivity index (χ3v) is 6.26. The molecule has 0 amide bonds. The first-order valence-corrected chi connectivity index (χ1v) is 11.1. The molecule has 1 fully saturated rings. The molecule has 34 heavy (non-hydrogen) atoms. The highest BCUT2D eigenvalue weighted by Crippen LogP contribution is 2.38. The van der Waals surface area contributed by atoms with Gasteiger partial charge in [-0.3, -0.25) is 4.90 Å². The number of hydrogen-bond acceptors (Lipinski definition) is 3. The van der Waals surface area contributed by atoms with E-state index in [0.717, 1.165) is 30.5 Å². The Labute approximate surface area is 195 Å². The van der Waals surface area contributed by atoms with Crippen LogP contribution in [0.4, 0.5) is 26.3 Å². The summed E-state index contributed by atoms with van der Waals surface area (Å²) in [5.74, 6) is 0.985. The number of nitrogens with zero attached hydrogens (tertiary/aromatic N) is 1. The van der Waals surface area contributed by atoms with E-state index in [4.69, 9.17) is 4.74 Å². The summed E-state index contributed by atoms with van der Waals surface area (Å²) in [4.78, 5) is 2.16. The molecule has 0 spiro atoms. The summed E-state index contributed by atoms with van der Waals surface area (Å²) in [6, 6.07) is 8.60. The Kier molecular flexibility index (Phi) is 8.52. The largest absolute Gasteiger partial charge is 0.496 e. The number of hydrogen-bond donors (Lipinski definition) is 1. The van der Waals surface area contributed by atoms with Gasteiger partial charge in [-0.2, -0.15) is 26.3 Å². The highest BCUT2D eigenvalue weighted by molar-refractivity contribution is 5.39. The second kappa shape index (κ2) is 11.0. The number of benzene rings is 2. The van der Waals surface area contributed by atoms with Crippen LogP contribution in [0.5, 0.6) is 5.75 Å². The molecule has 0 aromatic heterocycles. The minimum absolute atomic E-state index is 0.0581. The van der Waals surface area contributed by atoms with E-state index in [2.05, 4.69) is 4.90 Å². The van der Waals surface area contributed by atoms with E-state index in [1.54, 1.807) is 18.6 Å². The Morgan fingerprint density at radius 3 is 2.12 bits per heavy atom. The van der Waals surface area contributed by atoms with E-state index in [-0.39, 0.29) is 30.7 Å². The number of aliphatic hydroxyl groups excluding tert-OH is 1. The van der Waals surface area contributed by atoms with E-state index >= 15 is 0 Å².